The number of aliphatic hydroxyl groups is 1. The van der Waals surface area contributed by atoms with E-state index >= 15 is 0 Å². The van der Waals surface area contributed by atoms with Crippen LogP contribution in [0.3, 0.4) is 0 Å². The zero-order valence-corrected chi connectivity index (χ0v) is 13.0. The van der Waals surface area contributed by atoms with Gasteiger partial charge in [-0.05, 0) is 45.1 Å². The Morgan fingerprint density at radius 1 is 1.35 bits per heavy atom. The third-order valence-corrected chi connectivity index (χ3v) is 6.90. The topological polar surface area (TPSA) is 20.2 Å². The van der Waals surface area contributed by atoms with Crippen LogP contribution in [0.25, 0.3) is 0 Å². The van der Waals surface area contributed by atoms with E-state index in [4.69, 9.17) is 0 Å². The van der Waals surface area contributed by atoms with Crippen molar-refractivity contribution in [2.24, 2.45) is 0 Å². The second-order valence-corrected chi connectivity index (χ2v) is 7.85. The number of hydrogen-bond acceptors (Lipinski definition) is 4. The summed E-state index contributed by atoms with van der Waals surface area (Å²) in [5, 5.41) is 14.4. The fraction of sp³-hybridized carbons (Fsp3) is 0.333. The Labute approximate surface area is 121 Å². The lowest BCUT2D eigenvalue weighted by Gasteiger charge is -2.08. The summed E-state index contributed by atoms with van der Waals surface area (Å²) in [7, 11) is 0. The van der Waals surface area contributed by atoms with Crippen molar-refractivity contribution >= 4 is 50.4 Å². The zero-order chi connectivity index (χ0) is 11.8. The molecule has 2 aromatic rings. The first kappa shape index (κ1) is 12.2. The smallest absolute Gasteiger partial charge is 0.115 e. The van der Waals surface area contributed by atoms with Gasteiger partial charge in [0, 0.05) is 30.9 Å². The lowest BCUT2D eigenvalue weighted by Crippen LogP contribution is -1.96. The molecule has 0 aromatic carbocycles. The highest BCUT2D eigenvalue weighted by Crippen LogP contribution is 2.38. The van der Waals surface area contributed by atoms with E-state index in [1.807, 2.05) is 22.5 Å². The second-order valence-electron chi connectivity index (χ2n) is 3.98. The standard InChI is InChI=1S/C12H11BrOS3/c13-9-6-16-5-8(9)12(14)11-3-7-4-15-2-1-10(7)17-11/h3,5-6,12,14H,1-2,4H2. The summed E-state index contributed by atoms with van der Waals surface area (Å²) in [5.74, 6) is 2.31. The maximum Gasteiger partial charge on any atom is 0.115 e. The number of aliphatic hydroxyl groups excluding tert-OH is 1. The third kappa shape index (κ3) is 2.36. The highest BCUT2D eigenvalue weighted by Gasteiger charge is 2.20. The first-order valence-electron chi connectivity index (χ1n) is 5.34. The first-order valence-corrected chi connectivity index (χ1v) is 9.05. The summed E-state index contributed by atoms with van der Waals surface area (Å²) in [6.07, 6.45) is 0.679. The summed E-state index contributed by atoms with van der Waals surface area (Å²) in [5.41, 5.74) is 2.41. The Balaban J connectivity index is 1.94. The molecular formula is C12H11BrOS3. The lowest BCUT2D eigenvalue weighted by atomic mass is 10.1. The molecule has 90 valence electrons. The van der Waals surface area contributed by atoms with Crippen molar-refractivity contribution in [2.45, 2.75) is 18.3 Å². The highest BCUT2D eigenvalue weighted by atomic mass is 79.9. The second kappa shape index (κ2) is 5.05. The fourth-order valence-electron chi connectivity index (χ4n) is 1.94. The third-order valence-electron chi connectivity index (χ3n) is 2.85. The van der Waals surface area contributed by atoms with E-state index in [-0.39, 0.29) is 0 Å². The molecule has 0 amide bonds. The Morgan fingerprint density at radius 3 is 2.94 bits per heavy atom. The van der Waals surface area contributed by atoms with Crippen molar-refractivity contribution in [2.75, 3.05) is 5.75 Å². The summed E-state index contributed by atoms with van der Waals surface area (Å²) in [4.78, 5) is 2.54. The molecule has 1 nitrogen and oxygen atoms in total. The van der Waals surface area contributed by atoms with Crippen molar-refractivity contribution in [3.63, 3.8) is 0 Å². The van der Waals surface area contributed by atoms with Gasteiger partial charge in [-0.3, -0.25) is 0 Å². The van der Waals surface area contributed by atoms with Crippen LogP contribution >= 0.6 is 50.4 Å². The van der Waals surface area contributed by atoms with Crippen LogP contribution in [0.1, 0.15) is 27.0 Å². The zero-order valence-electron chi connectivity index (χ0n) is 8.98. The summed E-state index contributed by atoms with van der Waals surface area (Å²) < 4.78 is 1.01. The molecule has 17 heavy (non-hydrogen) atoms. The number of fused-ring (bicyclic) bond motifs is 1. The quantitative estimate of drug-likeness (QED) is 0.867. The van der Waals surface area contributed by atoms with Crippen LogP contribution in [0.4, 0.5) is 0 Å². The molecule has 0 saturated carbocycles. The van der Waals surface area contributed by atoms with Gasteiger partial charge in [0.1, 0.15) is 6.10 Å². The van der Waals surface area contributed by atoms with Gasteiger partial charge in [0.15, 0.2) is 0 Å². The van der Waals surface area contributed by atoms with Crippen LogP contribution < -0.4 is 0 Å². The maximum absolute atomic E-state index is 10.4. The van der Waals surface area contributed by atoms with E-state index in [1.165, 1.54) is 16.2 Å². The minimum atomic E-state index is -0.476. The fourth-order valence-corrected chi connectivity index (χ4v) is 5.86. The molecule has 1 atom stereocenters. The van der Waals surface area contributed by atoms with Crippen molar-refractivity contribution in [1.29, 1.82) is 0 Å². The molecule has 2 aromatic heterocycles. The molecule has 1 N–H and O–H groups in total. The molecule has 0 spiro atoms. The average Bonchev–Trinajstić information content (AvgIpc) is 2.93. The van der Waals surface area contributed by atoms with Gasteiger partial charge in [-0.25, -0.2) is 0 Å². The Kier molecular flexibility index (Phi) is 3.64. The molecule has 1 aliphatic rings. The van der Waals surface area contributed by atoms with Crippen molar-refractivity contribution < 1.29 is 5.11 Å². The molecule has 3 heterocycles. The van der Waals surface area contributed by atoms with E-state index in [1.54, 1.807) is 22.7 Å². The monoisotopic (exact) mass is 346 g/mol. The minimum absolute atomic E-state index is 0.476. The Bertz CT molecular complexity index is 508. The molecule has 1 unspecified atom stereocenters. The van der Waals surface area contributed by atoms with Gasteiger partial charge in [0.25, 0.3) is 0 Å². The van der Waals surface area contributed by atoms with Gasteiger partial charge in [-0.2, -0.15) is 23.1 Å². The van der Waals surface area contributed by atoms with Gasteiger partial charge in [0.2, 0.25) is 0 Å². The van der Waals surface area contributed by atoms with Gasteiger partial charge in [-0.15, -0.1) is 11.3 Å². The number of halogens is 1. The van der Waals surface area contributed by atoms with Gasteiger partial charge in [-0.1, -0.05) is 0 Å². The average molecular weight is 347 g/mol. The van der Waals surface area contributed by atoms with Gasteiger partial charge >= 0.3 is 0 Å². The Hall–Kier alpha value is 0.190. The molecule has 0 radical (unpaired) electrons. The van der Waals surface area contributed by atoms with Crippen LogP contribution in [-0.2, 0) is 12.2 Å². The number of hydrogen-bond donors (Lipinski definition) is 1. The van der Waals surface area contributed by atoms with Crippen LogP contribution in [0.15, 0.2) is 21.3 Å². The van der Waals surface area contributed by atoms with E-state index < -0.39 is 6.10 Å². The van der Waals surface area contributed by atoms with Crippen molar-refractivity contribution in [3.05, 3.63) is 42.2 Å². The predicted octanol–water partition coefficient (Wildman–Crippen LogP) is 4.44. The molecular weight excluding hydrogens is 336 g/mol. The molecule has 1 aliphatic heterocycles. The largest absolute Gasteiger partial charge is 0.383 e. The van der Waals surface area contributed by atoms with Crippen molar-refractivity contribution in [1.82, 2.24) is 0 Å². The lowest BCUT2D eigenvalue weighted by molar-refractivity contribution is 0.224. The van der Waals surface area contributed by atoms with E-state index in [0.717, 1.165) is 27.1 Å². The van der Waals surface area contributed by atoms with Gasteiger partial charge in [0.05, 0.1) is 0 Å². The minimum Gasteiger partial charge on any atom is -0.383 e. The molecule has 0 saturated heterocycles. The molecule has 0 aliphatic carbocycles. The van der Waals surface area contributed by atoms with E-state index in [9.17, 15) is 5.11 Å². The number of rotatable bonds is 2. The summed E-state index contributed by atoms with van der Waals surface area (Å²) in [6.45, 7) is 0. The van der Waals surface area contributed by atoms with E-state index in [2.05, 4.69) is 22.0 Å². The highest BCUT2D eigenvalue weighted by molar-refractivity contribution is 9.10. The van der Waals surface area contributed by atoms with Gasteiger partial charge < -0.3 is 5.11 Å². The van der Waals surface area contributed by atoms with Crippen LogP contribution in [0, 0.1) is 0 Å². The molecule has 3 rings (SSSR count). The predicted molar refractivity (Wildman–Crippen MR) is 80.3 cm³/mol. The normalized spacial score (nSPS) is 16.8. The SMILES string of the molecule is OC(c1cc2c(s1)CCSC2)c1cscc1Br. The summed E-state index contributed by atoms with van der Waals surface area (Å²) >= 11 is 8.86. The Morgan fingerprint density at radius 2 is 2.24 bits per heavy atom. The summed E-state index contributed by atoms with van der Waals surface area (Å²) in [6, 6.07) is 2.18. The molecule has 5 heteroatoms. The van der Waals surface area contributed by atoms with Crippen LogP contribution in [0.2, 0.25) is 0 Å². The number of thioether (sulfide) groups is 1. The van der Waals surface area contributed by atoms with Crippen LogP contribution in [-0.4, -0.2) is 10.9 Å². The van der Waals surface area contributed by atoms with Crippen molar-refractivity contribution in [3.8, 4) is 0 Å². The molecule has 0 fully saturated rings. The molecule has 0 bridgehead atoms. The number of aryl methyl sites for hydroxylation is 1. The van der Waals surface area contributed by atoms with E-state index in [0.29, 0.717) is 0 Å². The first-order chi connectivity index (χ1) is 8.25. The van der Waals surface area contributed by atoms with Crippen LogP contribution in [0.5, 0.6) is 0 Å². The maximum atomic E-state index is 10.4. The number of thiophene rings is 2.